The van der Waals surface area contributed by atoms with Crippen molar-refractivity contribution in [1.82, 2.24) is 14.5 Å². The van der Waals surface area contributed by atoms with Crippen LogP contribution < -0.4 is 10.9 Å². The number of rotatable bonds is 8. The summed E-state index contributed by atoms with van der Waals surface area (Å²) in [4.78, 5) is 36.6. The van der Waals surface area contributed by atoms with E-state index in [4.69, 9.17) is 21.6 Å². The van der Waals surface area contributed by atoms with Crippen LogP contribution in [0.25, 0.3) is 42.1 Å². The van der Waals surface area contributed by atoms with Gasteiger partial charge in [-0.05, 0) is 30.3 Å². The highest BCUT2D eigenvalue weighted by atomic mass is 35.5. The fraction of sp³-hybridized carbons (Fsp3) is 0.0667. The van der Waals surface area contributed by atoms with E-state index in [1.165, 1.54) is 23.1 Å². The molecule has 3 heterocycles. The molecule has 0 fully saturated rings. The molecule has 1 amide bonds. The number of thioether (sulfide) groups is 1. The monoisotopic (exact) mass is 600 g/mol. The van der Waals surface area contributed by atoms with Crippen molar-refractivity contribution in [3.63, 3.8) is 0 Å². The van der Waals surface area contributed by atoms with Crippen LogP contribution in [0.4, 0.5) is 5.69 Å². The lowest BCUT2D eigenvalue weighted by atomic mass is 10.1. The number of carbonyl (C=O) groups is 1. The summed E-state index contributed by atoms with van der Waals surface area (Å²) in [6.45, 7) is 4.07. The number of allylic oxidation sites excluding steroid dienone is 1. The number of nitrogens with zero attached hydrogens (tertiary/aromatic N) is 3. The second-order valence-corrected chi connectivity index (χ2v) is 12.1. The molecule has 0 bridgehead atoms. The minimum absolute atomic E-state index is 0.0865. The number of para-hydroxylation sites is 1. The normalized spacial score (nSPS) is 11.2. The molecule has 6 rings (SSSR count). The van der Waals surface area contributed by atoms with E-state index < -0.39 is 0 Å². The largest absolute Gasteiger partial charge is 0.325 e. The van der Waals surface area contributed by atoms with Gasteiger partial charge in [0.2, 0.25) is 5.91 Å². The van der Waals surface area contributed by atoms with Crippen molar-refractivity contribution in [1.29, 1.82) is 0 Å². The van der Waals surface area contributed by atoms with Gasteiger partial charge in [-0.25, -0.2) is 9.97 Å². The lowest BCUT2D eigenvalue weighted by Gasteiger charge is -2.11. The Bertz CT molecular complexity index is 1930. The van der Waals surface area contributed by atoms with Gasteiger partial charge < -0.3 is 5.32 Å². The van der Waals surface area contributed by atoms with Crippen molar-refractivity contribution in [3.8, 4) is 21.7 Å². The van der Waals surface area contributed by atoms with Crippen LogP contribution in [-0.4, -0.2) is 26.2 Å². The third-order valence-electron chi connectivity index (χ3n) is 6.15. The molecule has 0 aliphatic rings. The fourth-order valence-electron chi connectivity index (χ4n) is 4.34. The number of hydrogen-bond acceptors (Lipinski definition) is 7. The van der Waals surface area contributed by atoms with Gasteiger partial charge in [-0.3, -0.25) is 14.2 Å². The Morgan fingerprint density at radius 1 is 1.05 bits per heavy atom. The molecule has 0 radical (unpaired) electrons. The zero-order chi connectivity index (χ0) is 27.6. The number of hydrogen-bond donors (Lipinski definition) is 1. The molecular weight excluding hydrogens is 580 g/mol. The molecule has 3 aromatic heterocycles. The first-order valence-corrected chi connectivity index (χ1v) is 15.3. The van der Waals surface area contributed by atoms with Gasteiger partial charge in [0.25, 0.3) is 5.56 Å². The summed E-state index contributed by atoms with van der Waals surface area (Å²) < 4.78 is 2.66. The van der Waals surface area contributed by atoms with Gasteiger partial charge in [0.15, 0.2) is 5.16 Å². The molecule has 1 N–H and O–H groups in total. The molecule has 0 aliphatic heterocycles. The summed E-state index contributed by atoms with van der Waals surface area (Å²) in [5.74, 6) is -0.114. The molecule has 6 aromatic rings. The molecule has 40 heavy (non-hydrogen) atoms. The summed E-state index contributed by atoms with van der Waals surface area (Å²) in [7, 11) is 0. The Balaban J connectivity index is 1.23. The number of amides is 1. The number of fused-ring (bicyclic) bond motifs is 2. The molecule has 0 saturated carbocycles. The molecular formula is C30H21ClN4O2S3. The van der Waals surface area contributed by atoms with E-state index in [1.54, 1.807) is 28.0 Å². The van der Waals surface area contributed by atoms with E-state index in [1.807, 2.05) is 72.1 Å². The van der Waals surface area contributed by atoms with E-state index in [0.29, 0.717) is 26.1 Å². The van der Waals surface area contributed by atoms with Crippen molar-refractivity contribution in [2.24, 2.45) is 0 Å². The van der Waals surface area contributed by atoms with Crippen LogP contribution in [0.3, 0.4) is 0 Å². The van der Waals surface area contributed by atoms with Crippen molar-refractivity contribution in [2.45, 2.75) is 11.7 Å². The van der Waals surface area contributed by atoms with Crippen molar-refractivity contribution in [3.05, 3.63) is 106 Å². The quantitative estimate of drug-likeness (QED) is 0.109. The van der Waals surface area contributed by atoms with E-state index in [2.05, 4.69) is 11.9 Å². The Morgan fingerprint density at radius 3 is 2.70 bits per heavy atom. The van der Waals surface area contributed by atoms with Crippen LogP contribution in [0.15, 0.2) is 101 Å². The Labute approximate surface area is 247 Å². The van der Waals surface area contributed by atoms with Crippen molar-refractivity contribution < 1.29 is 4.79 Å². The van der Waals surface area contributed by atoms with Crippen molar-refractivity contribution in [2.75, 3.05) is 11.1 Å². The molecule has 198 valence electrons. The minimum atomic E-state index is -0.200. The molecule has 3 aromatic carbocycles. The summed E-state index contributed by atoms with van der Waals surface area (Å²) in [5.41, 5.74) is 3.92. The van der Waals surface area contributed by atoms with Gasteiger partial charge in [-0.1, -0.05) is 71.9 Å². The Morgan fingerprint density at radius 2 is 1.88 bits per heavy atom. The first-order valence-electron chi connectivity index (χ1n) is 12.3. The lowest BCUT2D eigenvalue weighted by Crippen LogP contribution is -2.23. The van der Waals surface area contributed by atoms with Crippen LogP contribution in [0.5, 0.6) is 0 Å². The SMILES string of the molecule is C=CCn1c(SCC(=O)Nc2cccc(-c3nc4ccccc4s3)c2)nc2scc(-c3ccccc3Cl)c2c1=O. The zero-order valence-corrected chi connectivity index (χ0v) is 24.2. The standard InChI is InChI=1S/C30H21ClN4O2S3/c1-2-14-35-29(37)26-21(20-10-3-4-11-22(20)31)16-38-28(26)34-30(35)39-17-25(36)32-19-9-7-8-18(15-19)27-33-23-12-5-6-13-24(23)40-27/h2-13,15-16H,1,14,17H2,(H,32,36). The number of nitrogens with one attached hydrogen (secondary N) is 1. The minimum Gasteiger partial charge on any atom is -0.325 e. The average Bonchev–Trinajstić information content (AvgIpc) is 3.59. The van der Waals surface area contributed by atoms with Crippen molar-refractivity contribution >= 4 is 78.1 Å². The first-order chi connectivity index (χ1) is 19.5. The average molecular weight is 601 g/mol. The number of benzene rings is 3. The van der Waals surface area contributed by atoms with Gasteiger partial charge in [-0.15, -0.1) is 29.3 Å². The van der Waals surface area contributed by atoms with E-state index >= 15 is 0 Å². The molecule has 0 atom stereocenters. The molecule has 0 spiro atoms. The van der Waals surface area contributed by atoms with Gasteiger partial charge >= 0.3 is 0 Å². The van der Waals surface area contributed by atoms with Gasteiger partial charge in [0.1, 0.15) is 9.84 Å². The predicted molar refractivity (Wildman–Crippen MR) is 169 cm³/mol. The second-order valence-electron chi connectivity index (χ2n) is 8.81. The van der Waals surface area contributed by atoms with Gasteiger partial charge in [0, 0.05) is 39.3 Å². The summed E-state index contributed by atoms with van der Waals surface area (Å²) in [6.07, 6.45) is 1.65. The highest BCUT2D eigenvalue weighted by Gasteiger charge is 2.19. The number of carbonyl (C=O) groups excluding carboxylic acids is 1. The van der Waals surface area contributed by atoms with E-state index in [-0.39, 0.29) is 23.8 Å². The Hall–Kier alpha value is -3.76. The maximum absolute atomic E-state index is 13.6. The maximum Gasteiger partial charge on any atom is 0.263 e. The highest BCUT2D eigenvalue weighted by Crippen LogP contribution is 2.36. The van der Waals surface area contributed by atoms with Gasteiger partial charge in [0.05, 0.1) is 21.4 Å². The fourth-order valence-corrected chi connectivity index (χ4v) is 7.32. The van der Waals surface area contributed by atoms with Crippen LogP contribution in [0.2, 0.25) is 5.02 Å². The number of thiazole rings is 1. The summed E-state index contributed by atoms with van der Waals surface area (Å²) >= 11 is 10.6. The predicted octanol–water partition coefficient (Wildman–Crippen LogP) is 7.97. The smallest absolute Gasteiger partial charge is 0.263 e. The molecule has 6 nitrogen and oxygen atoms in total. The van der Waals surface area contributed by atoms with E-state index in [0.717, 1.165) is 31.9 Å². The third kappa shape index (κ3) is 5.21. The van der Waals surface area contributed by atoms with Gasteiger partial charge in [-0.2, -0.15) is 0 Å². The summed E-state index contributed by atoms with van der Waals surface area (Å²) in [6, 6.07) is 23.1. The maximum atomic E-state index is 13.6. The second kappa shape index (κ2) is 11.4. The van der Waals surface area contributed by atoms with Crippen LogP contribution in [0, 0.1) is 0 Å². The molecule has 0 unspecified atom stereocenters. The Kier molecular flexibility index (Phi) is 7.53. The summed E-state index contributed by atoms with van der Waals surface area (Å²) in [5, 5.41) is 7.30. The zero-order valence-electron chi connectivity index (χ0n) is 21.0. The van der Waals surface area contributed by atoms with Crippen LogP contribution >= 0.6 is 46.0 Å². The number of halogens is 1. The highest BCUT2D eigenvalue weighted by molar-refractivity contribution is 7.99. The number of anilines is 1. The number of thiophene rings is 1. The first kappa shape index (κ1) is 26.5. The van der Waals surface area contributed by atoms with Crippen LogP contribution in [-0.2, 0) is 11.3 Å². The number of aromatic nitrogens is 3. The van der Waals surface area contributed by atoms with Crippen LogP contribution in [0.1, 0.15) is 0 Å². The molecule has 10 heteroatoms. The van der Waals surface area contributed by atoms with E-state index in [9.17, 15) is 9.59 Å². The third-order valence-corrected chi connectivity index (χ3v) is 9.42. The lowest BCUT2D eigenvalue weighted by molar-refractivity contribution is -0.113. The molecule has 0 saturated heterocycles. The molecule has 0 aliphatic carbocycles. The topological polar surface area (TPSA) is 76.9 Å².